The molecule has 6 heteroatoms. The van der Waals surface area contributed by atoms with Crippen molar-refractivity contribution >= 4 is 11.6 Å². The van der Waals surface area contributed by atoms with Crippen LogP contribution in [0.15, 0.2) is 23.8 Å². The average Bonchev–Trinajstić information content (AvgIpc) is 2.83. The highest BCUT2D eigenvalue weighted by Crippen LogP contribution is 2.68. The largest absolute Gasteiger partial charge is 0.393 e. The summed E-state index contributed by atoms with van der Waals surface area (Å²) in [5.41, 5.74) is -3.96. The number of carbonyl (C=O) groups is 2. The van der Waals surface area contributed by atoms with Gasteiger partial charge in [0.25, 0.3) is 0 Å². The van der Waals surface area contributed by atoms with Gasteiger partial charge >= 0.3 is 0 Å². The minimum Gasteiger partial charge on any atom is -0.393 e. The number of aliphatic hydroxyl groups is 4. The van der Waals surface area contributed by atoms with E-state index in [4.69, 9.17) is 0 Å². The van der Waals surface area contributed by atoms with Gasteiger partial charge in [0.15, 0.2) is 11.6 Å². The molecule has 0 aromatic heterocycles. The SMILES string of the molecule is C[C@@]12C[C@@H](O)[C@@H]3[C@H](CCC4=CC(=O)C=C[C@]43C)[C@@]1(O)CC[C@@]2(O)C(=O)CO. The van der Waals surface area contributed by atoms with Gasteiger partial charge < -0.3 is 20.4 Å². The summed E-state index contributed by atoms with van der Waals surface area (Å²) in [6.07, 6.45) is 5.76. The lowest BCUT2D eigenvalue weighted by molar-refractivity contribution is -0.239. The van der Waals surface area contributed by atoms with E-state index in [2.05, 4.69) is 0 Å². The highest BCUT2D eigenvalue weighted by Gasteiger charge is 2.74. The summed E-state index contributed by atoms with van der Waals surface area (Å²) in [5, 5.41) is 43.5. The second-order valence-electron chi connectivity index (χ2n) is 9.33. The lowest BCUT2D eigenvalue weighted by atomic mass is 9.44. The van der Waals surface area contributed by atoms with E-state index in [1.165, 1.54) is 6.08 Å². The van der Waals surface area contributed by atoms with Crippen LogP contribution in [0.4, 0.5) is 0 Å². The number of Topliss-reactive ketones (excluding diaryl/α,β-unsaturated/α-hetero) is 1. The molecule has 0 amide bonds. The fraction of sp³-hybridized carbons (Fsp3) is 0.714. The average molecular weight is 376 g/mol. The van der Waals surface area contributed by atoms with Crippen LogP contribution >= 0.6 is 0 Å². The molecule has 27 heavy (non-hydrogen) atoms. The highest BCUT2D eigenvalue weighted by atomic mass is 16.3. The minimum absolute atomic E-state index is 0.0569. The minimum atomic E-state index is -1.85. The van der Waals surface area contributed by atoms with Gasteiger partial charge in [0.2, 0.25) is 0 Å². The number of hydrogen-bond donors (Lipinski definition) is 4. The lowest BCUT2D eigenvalue weighted by Gasteiger charge is -2.62. The molecule has 7 atom stereocenters. The highest BCUT2D eigenvalue weighted by molar-refractivity contribution is 6.01. The maximum Gasteiger partial charge on any atom is 0.190 e. The maximum atomic E-state index is 12.4. The molecule has 148 valence electrons. The topological polar surface area (TPSA) is 115 Å². The second kappa shape index (κ2) is 5.60. The monoisotopic (exact) mass is 376 g/mol. The van der Waals surface area contributed by atoms with E-state index in [0.29, 0.717) is 12.8 Å². The molecule has 0 heterocycles. The summed E-state index contributed by atoms with van der Waals surface area (Å²) in [5.74, 6) is -1.37. The maximum absolute atomic E-state index is 12.4. The number of ketones is 2. The first kappa shape index (κ1) is 19.0. The van der Waals surface area contributed by atoms with E-state index in [0.717, 1.165) is 5.57 Å². The Morgan fingerprint density at radius 2 is 1.96 bits per heavy atom. The third kappa shape index (κ3) is 2.10. The van der Waals surface area contributed by atoms with E-state index in [-0.39, 0.29) is 36.9 Å². The zero-order valence-corrected chi connectivity index (χ0v) is 15.8. The van der Waals surface area contributed by atoms with Crippen molar-refractivity contribution in [1.82, 2.24) is 0 Å². The Hall–Kier alpha value is -1.34. The van der Waals surface area contributed by atoms with Gasteiger partial charge in [-0.1, -0.05) is 25.5 Å². The summed E-state index contributed by atoms with van der Waals surface area (Å²) >= 11 is 0. The molecule has 3 fully saturated rings. The van der Waals surface area contributed by atoms with Gasteiger partial charge in [0, 0.05) is 16.7 Å². The third-order valence-electron chi connectivity index (χ3n) is 8.44. The fourth-order valence-corrected chi connectivity index (χ4v) is 6.86. The number of allylic oxidation sites excluding steroid dienone is 4. The van der Waals surface area contributed by atoms with Crippen LogP contribution in [0, 0.1) is 22.7 Å². The van der Waals surface area contributed by atoms with Gasteiger partial charge in [-0.2, -0.15) is 0 Å². The quantitative estimate of drug-likeness (QED) is 0.563. The summed E-state index contributed by atoms with van der Waals surface area (Å²) < 4.78 is 0. The number of hydrogen-bond acceptors (Lipinski definition) is 6. The normalized spacial score (nSPS) is 51.3. The van der Waals surface area contributed by atoms with Crippen LogP contribution in [0.2, 0.25) is 0 Å². The molecule has 0 spiro atoms. The van der Waals surface area contributed by atoms with Crippen molar-refractivity contribution in [2.24, 2.45) is 22.7 Å². The van der Waals surface area contributed by atoms with Gasteiger partial charge in [0.05, 0.1) is 11.7 Å². The van der Waals surface area contributed by atoms with E-state index in [1.54, 1.807) is 13.0 Å². The van der Waals surface area contributed by atoms with E-state index in [1.807, 2.05) is 13.0 Å². The molecule has 0 saturated heterocycles. The van der Waals surface area contributed by atoms with Gasteiger partial charge in [-0.15, -0.1) is 0 Å². The number of carbonyl (C=O) groups excluding carboxylic acids is 2. The number of fused-ring (bicyclic) bond motifs is 5. The predicted molar refractivity (Wildman–Crippen MR) is 96.5 cm³/mol. The second-order valence-corrected chi connectivity index (χ2v) is 9.33. The standard InChI is InChI=1S/C21H28O6/c1-18-6-5-13(23)9-12(18)3-4-14-17(18)15(24)10-19(2)20(14,26)7-8-21(19,27)16(25)11-22/h5-6,9,14-15,17,22,24,26-27H,3-4,7-8,10-11H2,1-2H3/t14-,15+,17-,18+,19+,20-,21+/m0/s1. The summed E-state index contributed by atoms with van der Waals surface area (Å²) in [4.78, 5) is 24.2. The van der Waals surface area contributed by atoms with Crippen LogP contribution in [0.25, 0.3) is 0 Å². The molecule has 0 aliphatic heterocycles. The molecule has 0 aromatic carbocycles. The fourth-order valence-electron chi connectivity index (χ4n) is 6.86. The Morgan fingerprint density at radius 3 is 2.63 bits per heavy atom. The third-order valence-corrected chi connectivity index (χ3v) is 8.44. The molecule has 4 rings (SSSR count). The van der Waals surface area contributed by atoms with Crippen LogP contribution in [-0.4, -0.2) is 55.9 Å². The van der Waals surface area contributed by atoms with Gasteiger partial charge in [-0.25, -0.2) is 0 Å². The Labute approximate surface area is 158 Å². The van der Waals surface area contributed by atoms with Crippen molar-refractivity contribution in [2.75, 3.05) is 6.61 Å². The van der Waals surface area contributed by atoms with Gasteiger partial charge in [-0.3, -0.25) is 9.59 Å². The van der Waals surface area contributed by atoms with Crippen LogP contribution < -0.4 is 0 Å². The molecule has 3 saturated carbocycles. The van der Waals surface area contributed by atoms with Crippen molar-refractivity contribution in [3.63, 3.8) is 0 Å². The van der Waals surface area contributed by atoms with Crippen LogP contribution in [-0.2, 0) is 9.59 Å². The zero-order valence-electron chi connectivity index (χ0n) is 15.8. The molecule has 4 aliphatic rings. The Balaban J connectivity index is 1.81. The molecule has 0 unspecified atom stereocenters. The molecule has 6 nitrogen and oxygen atoms in total. The summed E-state index contributed by atoms with van der Waals surface area (Å²) in [6, 6.07) is 0. The molecular weight excluding hydrogens is 348 g/mol. The van der Waals surface area contributed by atoms with Crippen molar-refractivity contribution < 1.29 is 30.0 Å². The molecule has 0 bridgehead atoms. The predicted octanol–water partition coefficient (Wildman–Crippen LogP) is 0.672. The van der Waals surface area contributed by atoms with Crippen molar-refractivity contribution in [2.45, 2.75) is 63.3 Å². The first-order valence-electron chi connectivity index (χ1n) is 9.75. The Morgan fingerprint density at radius 1 is 1.26 bits per heavy atom. The molecular formula is C21H28O6. The molecule has 4 aliphatic carbocycles. The van der Waals surface area contributed by atoms with Crippen LogP contribution in [0.5, 0.6) is 0 Å². The van der Waals surface area contributed by atoms with Crippen LogP contribution in [0.1, 0.15) is 46.0 Å². The van der Waals surface area contributed by atoms with E-state index < -0.39 is 40.5 Å². The van der Waals surface area contributed by atoms with Crippen molar-refractivity contribution in [3.8, 4) is 0 Å². The van der Waals surface area contributed by atoms with Crippen LogP contribution in [0.3, 0.4) is 0 Å². The summed E-state index contributed by atoms with van der Waals surface area (Å²) in [6.45, 7) is 2.87. The summed E-state index contributed by atoms with van der Waals surface area (Å²) in [7, 11) is 0. The molecule has 4 N–H and O–H groups in total. The molecule has 0 radical (unpaired) electrons. The van der Waals surface area contributed by atoms with Gasteiger partial charge in [0.1, 0.15) is 12.2 Å². The Kier molecular flexibility index (Phi) is 3.94. The van der Waals surface area contributed by atoms with Gasteiger partial charge in [-0.05, 0) is 50.2 Å². The van der Waals surface area contributed by atoms with Crippen molar-refractivity contribution in [3.05, 3.63) is 23.8 Å². The van der Waals surface area contributed by atoms with E-state index in [9.17, 15) is 30.0 Å². The van der Waals surface area contributed by atoms with Crippen molar-refractivity contribution in [1.29, 1.82) is 0 Å². The zero-order chi connectivity index (χ0) is 19.8. The number of aliphatic hydroxyl groups excluding tert-OH is 2. The smallest absolute Gasteiger partial charge is 0.190 e. The number of rotatable bonds is 2. The first-order chi connectivity index (χ1) is 12.5. The Bertz CT molecular complexity index is 771. The molecule has 0 aromatic rings. The lowest BCUT2D eigenvalue weighted by Crippen LogP contribution is -2.69. The first-order valence-corrected chi connectivity index (χ1v) is 9.75. The van der Waals surface area contributed by atoms with E-state index >= 15 is 0 Å².